The first-order chi connectivity index (χ1) is 8.50. The van der Waals surface area contributed by atoms with E-state index in [0.29, 0.717) is 0 Å². The van der Waals surface area contributed by atoms with Gasteiger partial charge < -0.3 is 4.42 Å². The van der Waals surface area contributed by atoms with Crippen LogP contribution in [0.5, 0.6) is 0 Å². The van der Waals surface area contributed by atoms with E-state index in [0.717, 1.165) is 0 Å². The molecule has 8 heteroatoms. The van der Waals surface area contributed by atoms with Gasteiger partial charge in [-0.2, -0.15) is 18.2 Å². The van der Waals surface area contributed by atoms with Crippen LogP contribution in [-0.2, 0) is 11.0 Å². The van der Waals surface area contributed by atoms with E-state index >= 15 is 0 Å². The maximum absolute atomic E-state index is 12.3. The molecule has 0 amide bonds. The summed E-state index contributed by atoms with van der Waals surface area (Å²) in [7, 11) is 0. The minimum atomic E-state index is -4.69. The van der Waals surface area contributed by atoms with Gasteiger partial charge in [-0.1, -0.05) is 6.07 Å². The lowest BCUT2D eigenvalue weighted by Crippen LogP contribution is -2.04. The number of halogens is 3. The van der Waals surface area contributed by atoms with Crippen LogP contribution in [0.1, 0.15) is 5.89 Å². The van der Waals surface area contributed by atoms with Crippen molar-refractivity contribution < 1.29 is 22.4 Å². The van der Waals surface area contributed by atoms with Gasteiger partial charge in [0.15, 0.2) is 0 Å². The molecule has 1 heterocycles. The predicted octanol–water partition coefficient (Wildman–Crippen LogP) is 2.72. The monoisotopic (exact) mass is 255 g/mol. The third kappa shape index (κ3) is 2.44. The highest BCUT2D eigenvalue weighted by Gasteiger charge is 2.38. The summed E-state index contributed by atoms with van der Waals surface area (Å²) in [6, 6.07) is 5.76. The molecule has 0 fully saturated rings. The molecule has 0 aliphatic carbocycles. The summed E-state index contributed by atoms with van der Waals surface area (Å²) < 4.78 is 41.2. The Labute approximate surface area is 98.0 Å². The molecule has 1 aromatic heterocycles. The number of hydrogen-bond donors (Lipinski definition) is 0. The fraction of sp³-hybridized carbons (Fsp3) is 0.100. The predicted molar refractivity (Wildman–Crippen MR) is 52.5 cm³/mol. The van der Waals surface area contributed by atoms with E-state index in [1.807, 2.05) is 0 Å². The van der Waals surface area contributed by atoms with E-state index in [9.17, 15) is 18.0 Å². The zero-order valence-corrected chi connectivity index (χ0v) is 8.60. The molecule has 1 aromatic carbocycles. The lowest BCUT2D eigenvalue weighted by molar-refractivity contribution is -0.156. The molecule has 92 valence electrons. The maximum atomic E-state index is 12.3. The van der Waals surface area contributed by atoms with Gasteiger partial charge in [0.25, 0.3) is 0 Å². The number of hydrogen-bond acceptors (Lipinski definition) is 5. The number of benzene rings is 1. The lowest BCUT2D eigenvalue weighted by Gasteiger charge is -1.98. The fourth-order valence-corrected chi connectivity index (χ4v) is 1.22. The average Bonchev–Trinajstić information content (AvgIpc) is 2.78. The summed E-state index contributed by atoms with van der Waals surface area (Å²) >= 11 is 0. The van der Waals surface area contributed by atoms with E-state index in [1.54, 1.807) is 0 Å². The molecule has 2 aromatic rings. The van der Waals surface area contributed by atoms with E-state index in [2.05, 4.69) is 19.6 Å². The standard InChI is InChI=1S/C10H4F3N3O2/c11-10(12,13)9-16-15-8(18-9)6-2-1-3-7(4-6)14-5-17/h1-4H. The second kappa shape index (κ2) is 4.42. The van der Waals surface area contributed by atoms with Crippen molar-refractivity contribution in [3.63, 3.8) is 0 Å². The second-order valence-electron chi connectivity index (χ2n) is 3.16. The molecule has 0 aliphatic rings. The molecule has 0 aliphatic heterocycles. The van der Waals surface area contributed by atoms with Crippen molar-refractivity contribution in [2.75, 3.05) is 0 Å². The Morgan fingerprint density at radius 2 is 2.06 bits per heavy atom. The number of nitrogens with zero attached hydrogens (tertiary/aromatic N) is 3. The van der Waals surface area contributed by atoms with Crippen molar-refractivity contribution >= 4 is 11.8 Å². The number of isocyanates is 1. The molecule has 0 saturated heterocycles. The van der Waals surface area contributed by atoms with Crippen molar-refractivity contribution in [1.29, 1.82) is 0 Å². The molecular weight excluding hydrogens is 251 g/mol. The first kappa shape index (κ1) is 12.0. The molecular formula is C10H4F3N3O2. The Morgan fingerprint density at radius 3 is 2.67 bits per heavy atom. The molecule has 0 bridgehead atoms. The molecule has 0 unspecified atom stereocenters. The molecule has 0 radical (unpaired) electrons. The number of carbonyl (C=O) groups excluding carboxylic acids is 1. The Bertz CT molecular complexity index is 615. The van der Waals surface area contributed by atoms with Gasteiger partial charge in [-0.05, 0) is 18.2 Å². The van der Waals surface area contributed by atoms with Crippen molar-refractivity contribution in [3.8, 4) is 11.5 Å². The highest BCUT2D eigenvalue weighted by molar-refractivity contribution is 5.61. The number of rotatable bonds is 2. The van der Waals surface area contributed by atoms with E-state index in [1.165, 1.54) is 30.3 Å². The van der Waals surface area contributed by atoms with Gasteiger partial charge >= 0.3 is 12.1 Å². The summed E-state index contributed by atoms with van der Waals surface area (Å²) in [4.78, 5) is 13.4. The van der Waals surface area contributed by atoms with Gasteiger partial charge in [-0.15, -0.1) is 10.2 Å². The Morgan fingerprint density at radius 1 is 1.28 bits per heavy atom. The molecule has 0 N–H and O–H groups in total. The minimum Gasteiger partial charge on any atom is -0.413 e. The molecule has 18 heavy (non-hydrogen) atoms. The van der Waals surface area contributed by atoms with Crippen LogP contribution < -0.4 is 0 Å². The number of aromatic nitrogens is 2. The highest BCUT2D eigenvalue weighted by Crippen LogP contribution is 2.31. The van der Waals surface area contributed by atoms with Crippen LogP contribution in [0, 0.1) is 0 Å². The normalized spacial score (nSPS) is 11.1. The van der Waals surface area contributed by atoms with Crippen molar-refractivity contribution in [3.05, 3.63) is 30.2 Å². The maximum Gasteiger partial charge on any atom is 0.470 e. The van der Waals surface area contributed by atoms with Crippen LogP contribution in [0.4, 0.5) is 18.9 Å². The van der Waals surface area contributed by atoms with Gasteiger partial charge in [0.2, 0.25) is 12.0 Å². The molecule has 0 spiro atoms. The van der Waals surface area contributed by atoms with Gasteiger partial charge in [0, 0.05) is 5.56 Å². The summed E-state index contributed by atoms with van der Waals surface area (Å²) in [6.07, 6.45) is -3.37. The minimum absolute atomic E-state index is 0.231. The van der Waals surface area contributed by atoms with Crippen LogP contribution in [0.3, 0.4) is 0 Å². The molecule has 0 saturated carbocycles. The zero-order chi connectivity index (χ0) is 13.2. The van der Waals surface area contributed by atoms with Gasteiger partial charge in [0.1, 0.15) is 0 Å². The van der Waals surface area contributed by atoms with Crippen molar-refractivity contribution in [2.45, 2.75) is 6.18 Å². The highest BCUT2D eigenvalue weighted by atomic mass is 19.4. The Hall–Kier alpha value is -2.47. The smallest absolute Gasteiger partial charge is 0.413 e. The number of alkyl halides is 3. The third-order valence-electron chi connectivity index (χ3n) is 1.94. The van der Waals surface area contributed by atoms with Crippen LogP contribution in [-0.4, -0.2) is 16.3 Å². The second-order valence-corrected chi connectivity index (χ2v) is 3.16. The SMILES string of the molecule is O=C=Nc1cccc(-c2nnc(C(F)(F)F)o2)c1. The lowest BCUT2D eigenvalue weighted by atomic mass is 10.2. The largest absolute Gasteiger partial charge is 0.470 e. The van der Waals surface area contributed by atoms with Crippen LogP contribution >= 0.6 is 0 Å². The van der Waals surface area contributed by atoms with E-state index in [-0.39, 0.29) is 17.1 Å². The molecule has 0 atom stereocenters. The summed E-state index contributed by atoms with van der Waals surface area (Å²) in [5.41, 5.74) is 0.462. The number of aliphatic imine (C=N–C) groups is 1. The first-order valence-electron chi connectivity index (χ1n) is 4.60. The van der Waals surface area contributed by atoms with Gasteiger partial charge in [0.05, 0.1) is 5.69 Å². The topological polar surface area (TPSA) is 68.3 Å². The third-order valence-corrected chi connectivity index (χ3v) is 1.94. The molecule has 2 rings (SSSR count). The Balaban J connectivity index is 2.40. The van der Waals surface area contributed by atoms with Crippen LogP contribution in [0.15, 0.2) is 33.7 Å². The zero-order valence-electron chi connectivity index (χ0n) is 8.60. The van der Waals surface area contributed by atoms with Gasteiger partial charge in [-0.25, -0.2) is 4.79 Å². The van der Waals surface area contributed by atoms with Crippen molar-refractivity contribution in [2.24, 2.45) is 4.99 Å². The quantitative estimate of drug-likeness (QED) is 0.611. The Kier molecular flexibility index (Phi) is 2.95. The van der Waals surface area contributed by atoms with E-state index < -0.39 is 12.1 Å². The van der Waals surface area contributed by atoms with Gasteiger partial charge in [-0.3, -0.25) is 0 Å². The summed E-state index contributed by atoms with van der Waals surface area (Å²) in [6.45, 7) is 0. The fourth-order valence-electron chi connectivity index (χ4n) is 1.22. The summed E-state index contributed by atoms with van der Waals surface area (Å²) in [5, 5.41) is 6.17. The van der Waals surface area contributed by atoms with Crippen LogP contribution in [0.2, 0.25) is 0 Å². The van der Waals surface area contributed by atoms with Crippen LogP contribution in [0.25, 0.3) is 11.5 Å². The van der Waals surface area contributed by atoms with E-state index in [4.69, 9.17) is 0 Å². The van der Waals surface area contributed by atoms with Crippen molar-refractivity contribution in [1.82, 2.24) is 10.2 Å². The first-order valence-corrected chi connectivity index (χ1v) is 4.60. The summed E-state index contributed by atoms with van der Waals surface area (Å²) in [5.74, 6) is -1.73. The molecule has 5 nitrogen and oxygen atoms in total. The average molecular weight is 255 g/mol.